The van der Waals surface area contributed by atoms with Gasteiger partial charge in [0, 0.05) is 13.1 Å². The summed E-state index contributed by atoms with van der Waals surface area (Å²) in [5.74, 6) is 0. The molecule has 2 N–H and O–H groups in total. The molecule has 1 rings (SSSR count). The van der Waals surface area contributed by atoms with Crippen LogP contribution in [0.15, 0.2) is 16.8 Å². The molecule has 0 amide bonds. The maximum atomic E-state index is 11.8. The van der Waals surface area contributed by atoms with Gasteiger partial charge in [0.15, 0.2) is 0 Å². The number of thiophene rings is 1. The molecule has 16 heavy (non-hydrogen) atoms. The highest BCUT2D eigenvalue weighted by Crippen LogP contribution is 2.06. The van der Waals surface area contributed by atoms with E-state index in [1.807, 2.05) is 23.8 Å². The van der Waals surface area contributed by atoms with Crippen molar-refractivity contribution in [1.29, 1.82) is 0 Å². The molecule has 1 atom stereocenters. The monoisotopic (exact) mass is 262 g/mol. The van der Waals surface area contributed by atoms with E-state index in [1.54, 1.807) is 18.3 Å². The summed E-state index contributed by atoms with van der Waals surface area (Å²) in [7, 11) is -3.22. The molecule has 1 aromatic heterocycles. The SMILES string of the molecule is CCNCC(C)S(=O)(=O)NCc1ccsc1. The molecule has 92 valence electrons. The maximum absolute atomic E-state index is 11.8. The number of nitrogens with one attached hydrogen (secondary N) is 2. The van der Waals surface area contributed by atoms with Crippen molar-refractivity contribution >= 4 is 21.4 Å². The van der Waals surface area contributed by atoms with Crippen LogP contribution in [0.25, 0.3) is 0 Å². The molecule has 4 nitrogen and oxygen atoms in total. The molecule has 0 bridgehead atoms. The van der Waals surface area contributed by atoms with Gasteiger partial charge in [-0.1, -0.05) is 6.92 Å². The summed E-state index contributed by atoms with van der Waals surface area (Å²) >= 11 is 1.57. The number of sulfonamides is 1. The van der Waals surface area contributed by atoms with Gasteiger partial charge in [0.25, 0.3) is 0 Å². The molecular formula is C10H18N2O2S2. The Morgan fingerprint density at radius 3 is 2.81 bits per heavy atom. The quantitative estimate of drug-likeness (QED) is 0.775. The van der Waals surface area contributed by atoms with E-state index in [0.29, 0.717) is 13.1 Å². The largest absolute Gasteiger partial charge is 0.316 e. The van der Waals surface area contributed by atoms with Crippen molar-refractivity contribution in [2.75, 3.05) is 13.1 Å². The minimum absolute atomic E-state index is 0.377. The van der Waals surface area contributed by atoms with Crippen LogP contribution in [0.4, 0.5) is 0 Å². The molecule has 1 unspecified atom stereocenters. The highest BCUT2D eigenvalue weighted by Gasteiger charge is 2.19. The summed E-state index contributed by atoms with van der Waals surface area (Å²) in [6.45, 7) is 5.30. The number of rotatable bonds is 7. The molecule has 0 aliphatic carbocycles. The van der Waals surface area contributed by atoms with Gasteiger partial charge in [0.05, 0.1) is 5.25 Å². The number of hydrogen-bond donors (Lipinski definition) is 2. The summed E-state index contributed by atoms with van der Waals surface area (Å²) in [6, 6.07) is 1.92. The summed E-state index contributed by atoms with van der Waals surface area (Å²) in [4.78, 5) is 0. The predicted molar refractivity (Wildman–Crippen MR) is 68.1 cm³/mol. The van der Waals surface area contributed by atoms with E-state index in [9.17, 15) is 8.42 Å². The zero-order valence-electron chi connectivity index (χ0n) is 9.56. The summed E-state index contributed by atoms with van der Waals surface area (Å²) in [5.41, 5.74) is 1.00. The van der Waals surface area contributed by atoms with Crippen LogP contribution < -0.4 is 10.0 Å². The van der Waals surface area contributed by atoms with Gasteiger partial charge in [0.1, 0.15) is 0 Å². The third-order valence-electron chi connectivity index (χ3n) is 2.27. The molecule has 0 aliphatic rings. The second-order valence-electron chi connectivity index (χ2n) is 3.62. The first-order chi connectivity index (χ1) is 7.56. The topological polar surface area (TPSA) is 58.2 Å². The van der Waals surface area contributed by atoms with Gasteiger partial charge in [-0.2, -0.15) is 11.3 Å². The van der Waals surface area contributed by atoms with Crippen molar-refractivity contribution in [2.45, 2.75) is 25.6 Å². The van der Waals surface area contributed by atoms with Crippen molar-refractivity contribution in [1.82, 2.24) is 10.0 Å². The standard InChI is InChI=1S/C10H18N2O2S2/c1-3-11-6-9(2)16(13,14)12-7-10-4-5-15-8-10/h4-5,8-9,11-12H,3,6-7H2,1-2H3. The normalized spacial score (nSPS) is 13.9. The Hall–Kier alpha value is -0.430. The lowest BCUT2D eigenvalue weighted by Crippen LogP contribution is -2.38. The van der Waals surface area contributed by atoms with Gasteiger partial charge < -0.3 is 5.32 Å². The Bertz CT molecular complexity index is 387. The van der Waals surface area contributed by atoms with E-state index in [-0.39, 0.29) is 0 Å². The van der Waals surface area contributed by atoms with Gasteiger partial charge in [-0.05, 0) is 35.9 Å². The summed E-state index contributed by atoms with van der Waals surface area (Å²) < 4.78 is 26.2. The fraction of sp³-hybridized carbons (Fsp3) is 0.600. The highest BCUT2D eigenvalue weighted by atomic mass is 32.2. The van der Waals surface area contributed by atoms with E-state index in [0.717, 1.165) is 12.1 Å². The molecule has 0 aliphatic heterocycles. The molecule has 0 saturated heterocycles. The second-order valence-corrected chi connectivity index (χ2v) is 6.58. The lowest BCUT2D eigenvalue weighted by atomic mass is 10.4. The summed E-state index contributed by atoms with van der Waals surface area (Å²) in [6.07, 6.45) is 0. The molecule has 0 radical (unpaired) electrons. The molecule has 6 heteroatoms. The van der Waals surface area contributed by atoms with E-state index in [2.05, 4.69) is 10.0 Å². The molecule has 0 fully saturated rings. The minimum Gasteiger partial charge on any atom is -0.316 e. The van der Waals surface area contributed by atoms with Crippen LogP contribution in [0, 0.1) is 0 Å². The zero-order chi connectivity index (χ0) is 12.0. The Labute approximate surface area is 101 Å². The fourth-order valence-electron chi connectivity index (χ4n) is 1.18. The Kier molecular flexibility index (Phi) is 5.40. The van der Waals surface area contributed by atoms with Crippen LogP contribution >= 0.6 is 11.3 Å². The highest BCUT2D eigenvalue weighted by molar-refractivity contribution is 7.90. The average molecular weight is 262 g/mol. The first kappa shape index (κ1) is 13.6. The minimum atomic E-state index is -3.22. The van der Waals surface area contributed by atoms with Crippen LogP contribution in [0.3, 0.4) is 0 Å². The van der Waals surface area contributed by atoms with Crippen LogP contribution in [0.1, 0.15) is 19.4 Å². The Balaban J connectivity index is 2.45. The second kappa shape index (κ2) is 6.34. The van der Waals surface area contributed by atoms with Crippen molar-refractivity contribution in [3.05, 3.63) is 22.4 Å². The van der Waals surface area contributed by atoms with Crippen LogP contribution in [0.5, 0.6) is 0 Å². The van der Waals surface area contributed by atoms with Crippen LogP contribution in [-0.2, 0) is 16.6 Å². The maximum Gasteiger partial charge on any atom is 0.215 e. The van der Waals surface area contributed by atoms with Crippen molar-refractivity contribution in [3.8, 4) is 0 Å². The Morgan fingerprint density at radius 1 is 1.50 bits per heavy atom. The molecule has 0 aromatic carbocycles. The average Bonchev–Trinajstić information content (AvgIpc) is 2.76. The van der Waals surface area contributed by atoms with E-state index >= 15 is 0 Å². The zero-order valence-corrected chi connectivity index (χ0v) is 11.2. The van der Waals surface area contributed by atoms with Crippen molar-refractivity contribution in [3.63, 3.8) is 0 Å². The van der Waals surface area contributed by atoms with Gasteiger partial charge in [0.2, 0.25) is 10.0 Å². The lowest BCUT2D eigenvalue weighted by Gasteiger charge is -2.13. The van der Waals surface area contributed by atoms with Crippen molar-refractivity contribution < 1.29 is 8.42 Å². The predicted octanol–water partition coefficient (Wildman–Crippen LogP) is 1.17. The molecule has 1 heterocycles. The van der Waals surface area contributed by atoms with Crippen LogP contribution in [-0.4, -0.2) is 26.8 Å². The molecule has 0 saturated carbocycles. The van der Waals surface area contributed by atoms with E-state index < -0.39 is 15.3 Å². The first-order valence-corrected chi connectivity index (χ1v) is 7.75. The van der Waals surface area contributed by atoms with Gasteiger partial charge in [-0.3, -0.25) is 0 Å². The number of hydrogen-bond acceptors (Lipinski definition) is 4. The van der Waals surface area contributed by atoms with Gasteiger partial charge in [-0.25, -0.2) is 13.1 Å². The third-order valence-corrected chi connectivity index (χ3v) is 4.77. The van der Waals surface area contributed by atoms with Gasteiger partial charge >= 0.3 is 0 Å². The molecular weight excluding hydrogens is 244 g/mol. The lowest BCUT2D eigenvalue weighted by molar-refractivity contribution is 0.560. The van der Waals surface area contributed by atoms with Crippen LogP contribution in [0.2, 0.25) is 0 Å². The third kappa shape index (κ3) is 4.21. The van der Waals surface area contributed by atoms with E-state index in [4.69, 9.17) is 0 Å². The first-order valence-electron chi connectivity index (χ1n) is 5.26. The Morgan fingerprint density at radius 2 is 2.25 bits per heavy atom. The van der Waals surface area contributed by atoms with Gasteiger partial charge in [-0.15, -0.1) is 0 Å². The molecule has 1 aromatic rings. The fourth-order valence-corrected chi connectivity index (χ4v) is 2.83. The summed E-state index contributed by atoms with van der Waals surface area (Å²) in [5, 5.41) is 6.50. The van der Waals surface area contributed by atoms with E-state index in [1.165, 1.54) is 0 Å². The molecule has 0 spiro atoms. The smallest absolute Gasteiger partial charge is 0.215 e. The van der Waals surface area contributed by atoms with Crippen molar-refractivity contribution in [2.24, 2.45) is 0 Å².